The van der Waals surface area contributed by atoms with Crippen LogP contribution in [0, 0.1) is 5.82 Å². The van der Waals surface area contributed by atoms with Crippen LogP contribution in [0.4, 0.5) is 4.39 Å². The largest absolute Gasteiger partial charge is 0.497 e. The molecule has 168 valence electrons. The number of carbonyl (C=O) groups excluding carboxylic acids is 1. The summed E-state index contributed by atoms with van der Waals surface area (Å²) in [4.78, 5) is 12.9. The van der Waals surface area contributed by atoms with Gasteiger partial charge in [0.2, 0.25) is 15.9 Å². The lowest BCUT2D eigenvalue weighted by molar-refractivity contribution is -0.122. The Kier molecular flexibility index (Phi) is 7.61. The number of benzene rings is 3. The van der Waals surface area contributed by atoms with Crippen molar-refractivity contribution in [2.75, 3.05) is 14.2 Å². The number of hydrogen-bond donors (Lipinski definition) is 1. The van der Waals surface area contributed by atoms with Gasteiger partial charge < -0.3 is 10.1 Å². The van der Waals surface area contributed by atoms with Crippen LogP contribution in [0.25, 0.3) is 0 Å². The maximum absolute atomic E-state index is 13.2. The average Bonchev–Trinajstić information content (AvgIpc) is 2.82. The molecule has 3 rings (SSSR count). The predicted molar refractivity (Wildman–Crippen MR) is 120 cm³/mol. The molecule has 0 aromatic heterocycles. The predicted octanol–water partition coefficient (Wildman–Crippen LogP) is 3.90. The van der Waals surface area contributed by atoms with Crippen LogP contribution in [0.3, 0.4) is 0 Å². The lowest BCUT2D eigenvalue weighted by Gasteiger charge is -2.28. The highest BCUT2D eigenvalue weighted by Gasteiger charge is 2.30. The maximum Gasteiger partial charge on any atom is 0.243 e. The molecule has 32 heavy (non-hydrogen) atoms. The first-order valence-corrected chi connectivity index (χ1v) is 11.4. The number of rotatable bonds is 9. The summed E-state index contributed by atoms with van der Waals surface area (Å²) in [6.45, 7) is 0.212. The minimum atomic E-state index is -3.84. The Bertz CT molecular complexity index is 1130. The number of halogens is 1. The molecule has 1 atom stereocenters. The SMILES string of the molecule is COc1ccc([C@@H](CC(=O)NCc2ccc(F)cc2)N(C)S(=O)(=O)c2ccccc2)cc1. The average molecular weight is 457 g/mol. The first kappa shape index (κ1) is 23.4. The smallest absolute Gasteiger partial charge is 0.243 e. The van der Waals surface area contributed by atoms with Crippen LogP contribution in [-0.2, 0) is 21.4 Å². The zero-order chi connectivity index (χ0) is 23.1. The van der Waals surface area contributed by atoms with Crippen molar-refractivity contribution >= 4 is 15.9 Å². The molecule has 0 unspecified atom stereocenters. The third-order valence-electron chi connectivity index (χ3n) is 5.14. The second-order valence-corrected chi connectivity index (χ2v) is 9.23. The van der Waals surface area contributed by atoms with E-state index in [2.05, 4.69) is 5.32 Å². The Hall–Kier alpha value is -3.23. The fourth-order valence-electron chi connectivity index (χ4n) is 3.26. The Morgan fingerprint density at radius 2 is 1.62 bits per heavy atom. The number of hydrogen-bond acceptors (Lipinski definition) is 4. The van der Waals surface area contributed by atoms with Gasteiger partial charge in [-0.3, -0.25) is 4.79 Å². The molecule has 0 aliphatic rings. The highest BCUT2D eigenvalue weighted by molar-refractivity contribution is 7.89. The first-order valence-electron chi connectivity index (χ1n) is 9.99. The summed E-state index contributed by atoms with van der Waals surface area (Å²) >= 11 is 0. The van der Waals surface area contributed by atoms with Crippen LogP contribution in [0.5, 0.6) is 5.75 Å². The molecule has 1 N–H and O–H groups in total. The topological polar surface area (TPSA) is 75.7 Å². The Morgan fingerprint density at radius 1 is 1.00 bits per heavy atom. The highest BCUT2D eigenvalue weighted by Crippen LogP contribution is 2.30. The van der Waals surface area contributed by atoms with Crippen molar-refractivity contribution in [3.8, 4) is 5.75 Å². The first-order chi connectivity index (χ1) is 15.3. The zero-order valence-corrected chi connectivity index (χ0v) is 18.7. The summed E-state index contributed by atoms with van der Waals surface area (Å²) in [5.74, 6) is -0.0560. The van der Waals surface area contributed by atoms with E-state index >= 15 is 0 Å². The minimum absolute atomic E-state index is 0.0872. The van der Waals surface area contributed by atoms with Gasteiger partial charge in [-0.15, -0.1) is 0 Å². The minimum Gasteiger partial charge on any atom is -0.497 e. The van der Waals surface area contributed by atoms with E-state index in [9.17, 15) is 17.6 Å². The maximum atomic E-state index is 13.2. The van der Waals surface area contributed by atoms with Crippen molar-refractivity contribution in [3.63, 3.8) is 0 Å². The van der Waals surface area contributed by atoms with Crippen LogP contribution in [-0.4, -0.2) is 32.8 Å². The second-order valence-electron chi connectivity index (χ2n) is 7.23. The van der Waals surface area contributed by atoms with Gasteiger partial charge in [-0.2, -0.15) is 4.31 Å². The number of nitrogens with one attached hydrogen (secondary N) is 1. The van der Waals surface area contributed by atoms with Gasteiger partial charge in [-0.05, 0) is 47.5 Å². The second kappa shape index (κ2) is 10.4. The van der Waals surface area contributed by atoms with E-state index in [4.69, 9.17) is 4.74 Å². The summed E-state index contributed by atoms with van der Waals surface area (Å²) in [6, 6.07) is 20.1. The fourth-order valence-corrected chi connectivity index (χ4v) is 4.62. The van der Waals surface area contributed by atoms with E-state index in [1.54, 1.807) is 61.7 Å². The van der Waals surface area contributed by atoms with Crippen LogP contribution in [0.1, 0.15) is 23.6 Å². The van der Waals surface area contributed by atoms with Gasteiger partial charge >= 0.3 is 0 Å². The molecule has 1 amide bonds. The van der Waals surface area contributed by atoms with Gasteiger partial charge in [-0.25, -0.2) is 12.8 Å². The van der Waals surface area contributed by atoms with Gasteiger partial charge in [0.25, 0.3) is 0 Å². The molecule has 8 heteroatoms. The van der Waals surface area contributed by atoms with Crippen molar-refractivity contribution in [3.05, 3.63) is 95.8 Å². The van der Waals surface area contributed by atoms with Crippen molar-refractivity contribution in [2.24, 2.45) is 0 Å². The normalized spacial score (nSPS) is 12.4. The van der Waals surface area contributed by atoms with E-state index in [-0.39, 0.29) is 29.6 Å². The lowest BCUT2D eigenvalue weighted by Crippen LogP contribution is -2.35. The molecule has 0 bridgehead atoms. The highest BCUT2D eigenvalue weighted by atomic mass is 32.2. The molecule has 0 saturated heterocycles. The molecule has 0 aliphatic carbocycles. The molecule has 3 aromatic carbocycles. The van der Waals surface area contributed by atoms with E-state index in [0.717, 1.165) is 5.56 Å². The van der Waals surface area contributed by atoms with Gasteiger partial charge in [-0.1, -0.05) is 42.5 Å². The van der Waals surface area contributed by atoms with E-state index in [1.807, 2.05) is 0 Å². The number of sulfonamides is 1. The van der Waals surface area contributed by atoms with Gasteiger partial charge in [0.1, 0.15) is 11.6 Å². The number of carbonyl (C=O) groups is 1. The molecule has 6 nitrogen and oxygen atoms in total. The quantitative estimate of drug-likeness (QED) is 0.530. The molecular formula is C24H25FN2O4S. The van der Waals surface area contributed by atoms with Crippen LogP contribution >= 0.6 is 0 Å². The third kappa shape index (κ3) is 5.72. The molecule has 3 aromatic rings. The molecule has 0 heterocycles. The van der Waals surface area contributed by atoms with Gasteiger partial charge in [0.05, 0.1) is 18.0 Å². The van der Waals surface area contributed by atoms with Crippen LogP contribution in [0.2, 0.25) is 0 Å². The molecule has 0 aliphatic heterocycles. The van der Waals surface area contributed by atoms with Gasteiger partial charge in [0, 0.05) is 20.0 Å². The van der Waals surface area contributed by atoms with Crippen LogP contribution < -0.4 is 10.1 Å². The monoisotopic (exact) mass is 456 g/mol. The summed E-state index contributed by atoms with van der Waals surface area (Å²) in [7, 11) is -0.833. The van der Waals surface area contributed by atoms with Crippen molar-refractivity contribution in [1.29, 1.82) is 0 Å². The third-order valence-corrected chi connectivity index (χ3v) is 7.02. The summed E-state index contributed by atoms with van der Waals surface area (Å²) in [5.41, 5.74) is 1.40. The van der Waals surface area contributed by atoms with Crippen molar-refractivity contribution in [2.45, 2.75) is 23.9 Å². The fraction of sp³-hybridized carbons (Fsp3) is 0.208. The zero-order valence-electron chi connectivity index (χ0n) is 17.9. The molecule has 0 spiro atoms. The number of amides is 1. The molecule has 0 saturated carbocycles. The molecule has 0 radical (unpaired) electrons. The number of methoxy groups -OCH3 is 1. The Balaban J connectivity index is 1.83. The summed E-state index contributed by atoms with van der Waals surface area (Å²) < 4.78 is 45.9. The van der Waals surface area contributed by atoms with E-state index < -0.39 is 16.1 Å². The Morgan fingerprint density at radius 3 is 2.22 bits per heavy atom. The summed E-state index contributed by atoms with van der Waals surface area (Å²) in [6.07, 6.45) is -0.0872. The Labute approximate surface area is 187 Å². The standard InChI is InChI=1S/C24H25FN2O4S/c1-27(32(29,30)22-6-4-3-5-7-22)23(19-10-14-21(31-2)15-11-19)16-24(28)26-17-18-8-12-20(25)13-9-18/h3-15,23H,16-17H2,1-2H3,(H,26,28)/t23-/m1/s1. The molecular weight excluding hydrogens is 431 g/mol. The molecule has 0 fully saturated rings. The van der Waals surface area contributed by atoms with E-state index in [1.165, 1.54) is 35.6 Å². The van der Waals surface area contributed by atoms with Crippen LogP contribution in [0.15, 0.2) is 83.8 Å². The number of nitrogens with zero attached hydrogens (tertiary/aromatic N) is 1. The van der Waals surface area contributed by atoms with Crippen molar-refractivity contribution in [1.82, 2.24) is 9.62 Å². The van der Waals surface area contributed by atoms with Crippen molar-refractivity contribution < 1.29 is 22.3 Å². The van der Waals surface area contributed by atoms with Gasteiger partial charge in [0.15, 0.2) is 0 Å². The lowest BCUT2D eigenvalue weighted by atomic mass is 10.0. The summed E-state index contributed by atoms with van der Waals surface area (Å²) in [5, 5.41) is 2.78. The number of ether oxygens (including phenoxy) is 1. The van der Waals surface area contributed by atoms with E-state index in [0.29, 0.717) is 11.3 Å².